The van der Waals surface area contributed by atoms with Gasteiger partial charge in [-0.3, -0.25) is 0 Å². The second-order valence-corrected chi connectivity index (χ2v) is 9.23. The Balaban J connectivity index is 2.12. The van der Waals surface area contributed by atoms with Crippen molar-refractivity contribution < 1.29 is 13.2 Å². The Hall–Kier alpha value is -1.65. The third-order valence-electron chi connectivity index (χ3n) is 4.86. The Labute approximate surface area is 144 Å². The van der Waals surface area contributed by atoms with Gasteiger partial charge in [0, 0.05) is 18.8 Å². The molecule has 0 aliphatic heterocycles. The fourth-order valence-electron chi connectivity index (χ4n) is 3.34. The molecule has 0 bridgehead atoms. The molecule has 1 unspecified atom stereocenters. The predicted octanol–water partition coefficient (Wildman–Crippen LogP) is 4.17. The number of allylic oxidation sites excluding steroid dienone is 3. The zero-order valence-electron chi connectivity index (χ0n) is 14.7. The molecule has 1 aromatic carbocycles. The third-order valence-corrected chi connectivity index (χ3v) is 5.99. The Morgan fingerprint density at radius 3 is 2.17 bits per heavy atom. The van der Waals surface area contributed by atoms with Crippen molar-refractivity contribution in [2.45, 2.75) is 37.2 Å². The number of rotatable bonds is 4. The van der Waals surface area contributed by atoms with E-state index in [-0.39, 0.29) is 5.41 Å². The molecule has 0 aromatic heterocycles. The van der Waals surface area contributed by atoms with Gasteiger partial charge >= 0.3 is 0 Å². The van der Waals surface area contributed by atoms with Crippen molar-refractivity contribution in [3.05, 3.63) is 59.7 Å². The van der Waals surface area contributed by atoms with Crippen molar-refractivity contribution in [2.75, 3.05) is 13.4 Å². The van der Waals surface area contributed by atoms with Crippen LogP contribution in [0.5, 0.6) is 0 Å². The lowest BCUT2D eigenvalue weighted by molar-refractivity contribution is 0.104. The molecule has 0 saturated heterocycles. The molecular formula is C20H24O3S. The monoisotopic (exact) mass is 344 g/mol. The van der Waals surface area contributed by atoms with E-state index in [0.29, 0.717) is 4.90 Å². The lowest BCUT2D eigenvalue weighted by atomic mass is 9.69. The summed E-state index contributed by atoms with van der Waals surface area (Å²) in [6, 6.07) is 7.10. The molecule has 0 heterocycles. The second-order valence-electron chi connectivity index (χ2n) is 7.22. The van der Waals surface area contributed by atoms with Crippen molar-refractivity contribution in [1.82, 2.24) is 0 Å². The van der Waals surface area contributed by atoms with Gasteiger partial charge in [0.15, 0.2) is 9.84 Å². The third kappa shape index (κ3) is 2.89. The summed E-state index contributed by atoms with van der Waals surface area (Å²) < 4.78 is 29.4. The van der Waals surface area contributed by atoms with E-state index in [4.69, 9.17) is 4.74 Å². The van der Waals surface area contributed by atoms with E-state index in [2.05, 4.69) is 38.2 Å². The molecule has 0 fully saturated rings. The van der Waals surface area contributed by atoms with E-state index in [9.17, 15) is 8.42 Å². The van der Waals surface area contributed by atoms with Crippen molar-refractivity contribution in [1.29, 1.82) is 0 Å². The molecule has 3 nitrogen and oxygen atoms in total. The molecule has 2 aliphatic carbocycles. The van der Waals surface area contributed by atoms with E-state index in [0.717, 1.165) is 24.0 Å². The molecule has 3 rings (SSSR count). The molecule has 0 spiro atoms. The number of benzene rings is 1. The van der Waals surface area contributed by atoms with Crippen molar-refractivity contribution >= 4 is 15.4 Å². The normalized spacial score (nSPS) is 25.7. The molecule has 0 radical (unpaired) electrons. The molecule has 1 aromatic rings. The maximum atomic E-state index is 11.7. The first-order valence-electron chi connectivity index (χ1n) is 8.17. The van der Waals surface area contributed by atoms with E-state index >= 15 is 0 Å². The van der Waals surface area contributed by atoms with Gasteiger partial charge in [0.25, 0.3) is 0 Å². The van der Waals surface area contributed by atoms with Gasteiger partial charge in [0.05, 0.1) is 4.90 Å². The minimum Gasteiger partial charge on any atom is -0.365 e. The summed E-state index contributed by atoms with van der Waals surface area (Å²) in [5, 5.41) is 0. The summed E-state index contributed by atoms with van der Waals surface area (Å²) in [4.78, 5) is 0.336. The van der Waals surface area contributed by atoms with Gasteiger partial charge < -0.3 is 4.74 Å². The van der Waals surface area contributed by atoms with Crippen LogP contribution in [-0.2, 0) is 14.6 Å². The van der Waals surface area contributed by atoms with Crippen molar-refractivity contribution in [2.24, 2.45) is 5.41 Å². The van der Waals surface area contributed by atoms with Gasteiger partial charge in [-0.05, 0) is 47.8 Å². The summed E-state index contributed by atoms with van der Waals surface area (Å²) in [7, 11) is -1.46. The summed E-state index contributed by atoms with van der Waals surface area (Å²) in [6.45, 7) is 4.31. The maximum absolute atomic E-state index is 11.7. The highest BCUT2D eigenvalue weighted by atomic mass is 32.2. The van der Waals surface area contributed by atoms with Gasteiger partial charge in [-0.25, -0.2) is 8.42 Å². The summed E-state index contributed by atoms with van der Waals surface area (Å²) >= 11 is 0. The van der Waals surface area contributed by atoms with E-state index in [1.165, 1.54) is 11.8 Å². The summed E-state index contributed by atoms with van der Waals surface area (Å²) in [6.07, 6.45) is 12.1. The first kappa shape index (κ1) is 17.2. The van der Waals surface area contributed by atoms with Crippen LogP contribution in [0.3, 0.4) is 0 Å². The SMILES string of the molecule is COC1(C2=CCC2)C=CC(C)(C)C=C1c1ccc(S(C)(=O)=O)cc1. The van der Waals surface area contributed by atoms with E-state index < -0.39 is 15.4 Å². The Morgan fingerprint density at radius 1 is 1.08 bits per heavy atom. The van der Waals surface area contributed by atoms with Gasteiger partial charge in [-0.15, -0.1) is 0 Å². The second kappa shape index (κ2) is 5.71. The van der Waals surface area contributed by atoms with Crippen LogP contribution in [0, 0.1) is 5.41 Å². The van der Waals surface area contributed by atoms with Crippen LogP contribution in [0.25, 0.3) is 5.57 Å². The van der Waals surface area contributed by atoms with Crippen LogP contribution in [-0.4, -0.2) is 27.4 Å². The van der Waals surface area contributed by atoms with Crippen LogP contribution in [0.4, 0.5) is 0 Å². The summed E-state index contributed by atoms with van der Waals surface area (Å²) in [5.74, 6) is 0. The highest BCUT2D eigenvalue weighted by molar-refractivity contribution is 7.90. The quantitative estimate of drug-likeness (QED) is 0.770. The molecule has 24 heavy (non-hydrogen) atoms. The van der Waals surface area contributed by atoms with Crippen LogP contribution >= 0.6 is 0 Å². The molecule has 128 valence electrons. The van der Waals surface area contributed by atoms with E-state index in [1.54, 1.807) is 19.2 Å². The van der Waals surface area contributed by atoms with Gasteiger partial charge in [-0.1, -0.05) is 44.2 Å². The van der Waals surface area contributed by atoms with Gasteiger partial charge in [0.1, 0.15) is 5.60 Å². The summed E-state index contributed by atoms with van der Waals surface area (Å²) in [5.41, 5.74) is 2.74. The number of methoxy groups -OCH3 is 1. The van der Waals surface area contributed by atoms with Crippen molar-refractivity contribution in [3.8, 4) is 0 Å². The molecule has 0 N–H and O–H groups in total. The lowest BCUT2D eigenvalue weighted by Gasteiger charge is -2.42. The fraction of sp³-hybridized carbons (Fsp3) is 0.400. The number of hydrogen-bond donors (Lipinski definition) is 0. The number of ether oxygens (including phenoxy) is 1. The zero-order valence-corrected chi connectivity index (χ0v) is 15.5. The Morgan fingerprint density at radius 2 is 1.71 bits per heavy atom. The predicted molar refractivity (Wildman–Crippen MR) is 97.5 cm³/mol. The van der Waals surface area contributed by atoms with Crippen LogP contribution in [0.2, 0.25) is 0 Å². The number of sulfone groups is 1. The standard InChI is InChI=1S/C20H24O3S/c1-19(2)12-13-20(23-3,16-6-5-7-16)18(14-19)15-8-10-17(11-9-15)24(4,21)22/h6,8-14H,5,7H2,1-4H3. The average Bonchev–Trinajstić information content (AvgIpc) is 2.46. The maximum Gasteiger partial charge on any atom is 0.175 e. The smallest absolute Gasteiger partial charge is 0.175 e. The van der Waals surface area contributed by atoms with Crippen LogP contribution < -0.4 is 0 Å². The highest BCUT2D eigenvalue weighted by Gasteiger charge is 2.41. The Kier molecular flexibility index (Phi) is 4.09. The van der Waals surface area contributed by atoms with Gasteiger partial charge in [0.2, 0.25) is 0 Å². The molecule has 0 amide bonds. The van der Waals surface area contributed by atoms with Crippen LogP contribution in [0.15, 0.2) is 59.0 Å². The first-order chi connectivity index (χ1) is 11.2. The molecule has 0 saturated carbocycles. The highest BCUT2D eigenvalue weighted by Crippen LogP contribution is 2.48. The topological polar surface area (TPSA) is 43.4 Å². The van der Waals surface area contributed by atoms with Crippen LogP contribution in [0.1, 0.15) is 32.3 Å². The fourth-order valence-corrected chi connectivity index (χ4v) is 3.97. The molecule has 1 atom stereocenters. The largest absolute Gasteiger partial charge is 0.365 e. The molecule has 2 aliphatic rings. The molecule has 4 heteroatoms. The molecular weight excluding hydrogens is 320 g/mol. The number of hydrogen-bond acceptors (Lipinski definition) is 3. The Bertz CT molecular complexity index is 839. The lowest BCUT2D eigenvalue weighted by Crippen LogP contribution is -2.38. The minimum atomic E-state index is -3.19. The minimum absolute atomic E-state index is 0.0722. The zero-order chi connectivity index (χ0) is 17.6. The average molecular weight is 344 g/mol. The van der Waals surface area contributed by atoms with Crippen molar-refractivity contribution in [3.63, 3.8) is 0 Å². The first-order valence-corrected chi connectivity index (χ1v) is 10.1. The van der Waals surface area contributed by atoms with Gasteiger partial charge in [-0.2, -0.15) is 0 Å². The van der Waals surface area contributed by atoms with E-state index in [1.807, 2.05) is 12.1 Å².